The maximum atomic E-state index is 13.5. The molecule has 1 amide bonds. The van der Waals surface area contributed by atoms with Gasteiger partial charge in [0.05, 0.1) is 24.2 Å². The number of hydrogen-bond donors (Lipinski definition) is 6. The van der Waals surface area contributed by atoms with E-state index in [1.54, 1.807) is 19.1 Å². The summed E-state index contributed by atoms with van der Waals surface area (Å²) >= 11 is 0. The van der Waals surface area contributed by atoms with Gasteiger partial charge < -0.3 is 31.9 Å². The minimum absolute atomic E-state index is 0.0524. The quantitative estimate of drug-likeness (QED) is 0.218. The van der Waals surface area contributed by atoms with E-state index in [4.69, 9.17) is 31.3 Å². The number of carboxylic acid groups (broad SMARTS) is 2. The van der Waals surface area contributed by atoms with E-state index >= 15 is 0 Å². The van der Waals surface area contributed by atoms with Crippen LogP contribution in [0, 0.1) is 6.92 Å². The Hall–Kier alpha value is -5.05. The van der Waals surface area contributed by atoms with Crippen LogP contribution in [0.4, 0.5) is 45.3 Å². The van der Waals surface area contributed by atoms with Crippen molar-refractivity contribution in [2.24, 2.45) is 5.73 Å². The summed E-state index contributed by atoms with van der Waals surface area (Å²) in [6.07, 6.45) is -12.8. The molecule has 0 aliphatic rings. The summed E-state index contributed by atoms with van der Waals surface area (Å²) < 4.78 is 104. The zero-order chi connectivity index (χ0) is 35.1. The molecule has 0 aliphatic heterocycles. The Balaban J connectivity index is 0.000000601. The number of carboxylic acids is 2. The number of nitrogens with two attached hydrogens (primary N) is 2. The van der Waals surface area contributed by atoms with Gasteiger partial charge in [-0.05, 0) is 30.7 Å². The van der Waals surface area contributed by atoms with E-state index in [9.17, 15) is 54.5 Å². The molecule has 3 rings (SSSR count). The van der Waals surface area contributed by atoms with Crippen molar-refractivity contribution >= 4 is 23.7 Å². The number of halogens is 9. The number of carbonyl (C=O) groups excluding carboxylic acids is 1. The number of nitrogen functional groups attached to an aromatic ring is 1. The van der Waals surface area contributed by atoms with Crippen LogP contribution in [0.3, 0.4) is 0 Å². The van der Waals surface area contributed by atoms with Gasteiger partial charge in [0.2, 0.25) is 0 Å². The van der Waals surface area contributed by atoms with E-state index in [1.165, 1.54) is 18.5 Å². The van der Waals surface area contributed by atoms with E-state index < -0.39 is 47.5 Å². The van der Waals surface area contributed by atoms with Crippen LogP contribution < -0.4 is 11.5 Å². The molecule has 0 radical (unpaired) electrons. The third kappa shape index (κ3) is 9.72. The predicted octanol–water partition coefficient (Wildman–Crippen LogP) is 3.09. The minimum Gasteiger partial charge on any atom is -0.475 e. The van der Waals surface area contributed by atoms with Crippen LogP contribution in [0.15, 0.2) is 42.7 Å². The Morgan fingerprint density at radius 1 is 0.867 bits per heavy atom. The van der Waals surface area contributed by atoms with Crippen molar-refractivity contribution in [3.8, 4) is 22.5 Å². The molecule has 3 aromatic rings. The second-order valence-corrected chi connectivity index (χ2v) is 8.39. The zero-order valence-corrected chi connectivity index (χ0v) is 22.2. The molecule has 246 valence electrons. The van der Waals surface area contributed by atoms with E-state index in [0.717, 1.165) is 12.1 Å². The van der Waals surface area contributed by atoms with Gasteiger partial charge in [0, 0.05) is 22.9 Å². The Bertz CT molecular complexity index is 1520. The molecular weight excluding hydrogens is 641 g/mol. The molecule has 2 heterocycles. The highest BCUT2D eigenvalue weighted by atomic mass is 19.4. The maximum Gasteiger partial charge on any atom is 0.490 e. The van der Waals surface area contributed by atoms with Gasteiger partial charge >= 0.3 is 30.5 Å². The largest absolute Gasteiger partial charge is 0.490 e. The fourth-order valence-electron chi connectivity index (χ4n) is 3.02. The van der Waals surface area contributed by atoms with Crippen molar-refractivity contribution in [1.82, 2.24) is 15.0 Å². The number of aryl methyl sites for hydroxylation is 1. The molecule has 1 atom stereocenters. The molecule has 2 aromatic heterocycles. The van der Waals surface area contributed by atoms with E-state index in [-0.39, 0.29) is 29.4 Å². The lowest BCUT2D eigenvalue weighted by Gasteiger charge is -2.28. The molecule has 0 aliphatic carbocycles. The molecule has 1 aromatic carbocycles. The summed E-state index contributed by atoms with van der Waals surface area (Å²) in [5.41, 5.74) is 8.10. The van der Waals surface area contributed by atoms with Gasteiger partial charge in [-0.2, -0.15) is 39.5 Å². The topological polar surface area (TPSA) is 223 Å². The monoisotopic (exact) mass is 661 g/mol. The maximum absolute atomic E-state index is 13.5. The fourth-order valence-corrected chi connectivity index (χ4v) is 3.02. The van der Waals surface area contributed by atoms with Gasteiger partial charge in [-0.15, -0.1) is 0 Å². The molecule has 8 N–H and O–H groups in total. The highest BCUT2D eigenvalue weighted by Gasteiger charge is 2.60. The van der Waals surface area contributed by atoms with Crippen molar-refractivity contribution < 1.29 is 74.3 Å². The lowest BCUT2D eigenvalue weighted by molar-refractivity contribution is -0.255. The predicted molar refractivity (Wildman–Crippen MR) is 132 cm³/mol. The molecule has 0 fully saturated rings. The van der Waals surface area contributed by atoms with E-state index in [1.807, 2.05) is 0 Å². The molecular formula is C24H20F9N5O7. The standard InChI is InChI=1S/C20H18F3N5O3.2C2HF3O2/c1-10-2-3-12(19(31,18(25)30)20(21,22)23)7-14(10)15-8-27-17(24)16(28-15)11-4-5-26-13(6-11)9-29;2*3-2(4,5)1(6)7/h2-8,29,31H,9H2,1H3,(H2,24,27)(H2,25,30);2*(H,6,7). The molecule has 45 heavy (non-hydrogen) atoms. The summed E-state index contributed by atoms with van der Waals surface area (Å²) in [6, 6.07) is 6.39. The Morgan fingerprint density at radius 2 is 1.38 bits per heavy atom. The van der Waals surface area contributed by atoms with Crippen molar-refractivity contribution in [3.05, 3.63) is 59.5 Å². The average molecular weight is 661 g/mol. The minimum atomic E-state index is -5.33. The Labute approximate surface area is 244 Å². The number of rotatable bonds is 5. The van der Waals surface area contributed by atoms with Gasteiger partial charge in [0.1, 0.15) is 11.5 Å². The number of hydrogen-bond acceptors (Lipinski definition) is 9. The average Bonchev–Trinajstić information content (AvgIpc) is 2.92. The van der Waals surface area contributed by atoms with Crippen LogP contribution in [-0.4, -0.2) is 71.8 Å². The van der Waals surface area contributed by atoms with Gasteiger partial charge in [0.15, 0.2) is 0 Å². The second kappa shape index (κ2) is 14.2. The number of nitrogens with zero attached hydrogens (tertiary/aromatic N) is 3. The van der Waals surface area contributed by atoms with Gasteiger partial charge in [-0.25, -0.2) is 19.6 Å². The van der Waals surface area contributed by atoms with Crippen molar-refractivity contribution in [2.75, 3.05) is 5.73 Å². The van der Waals surface area contributed by atoms with Crippen LogP contribution in [0.5, 0.6) is 0 Å². The van der Waals surface area contributed by atoms with Crippen LogP contribution in [-0.2, 0) is 26.6 Å². The Morgan fingerprint density at radius 3 is 1.80 bits per heavy atom. The molecule has 12 nitrogen and oxygen atoms in total. The van der Waals surface area contributed by atoms with Gasteiger partial charge in [-0.3, -0.25) is 9.78 Å². The molecule has 0 bridgehead atoms. The number of aliphatic hydroxyl groups excluding tert-OH is 1. The van der Waals surface area contributed by atoms with Crippen molar-refractivity contribution in [3.63, 3.8) is 0 Å². The Kier molecular flexibility index (Phi) is 11.9. The second-order valence-electron chi connectivity index (χ2n) is 8.39. The number of anilines is 1. The van der Waals surface area contributed by atoms with E-state index in [2.05, 4.69) is 15.0 Å². The highest BCUT2D eigenvalue weighted by molar-refractivity contribution is 5.86. The van der Waals surface area contributed by atoms with Crippen molar-refractivity contribution in [1.29, 1.82) is 0 Å². The first-order valence-corrected chi connectivity index (χ1v) is 11.4. The molecule has 0 saturated heterocycles. The normalized spacial score (nSPS) is 12.9. The summed E-state index contributed by atoms with van der Waals surface area (Å²) in [7, 11) is 0. The SMILES string of the molecule is Cc1ccc(C(O)(C(N)=O)C(F)(F)F)cc1-c1cnc(N)c(-c2ccnc(CO)c2)n1.O=C(O)C(F)(F)F.O=C(O)C(F)(F)F. The third-order valence-electron chi connectivity index (χ3n) is 5.24. The first-order chi connectivity index (χ1) is 20.4. The van der Waals surface area contributed by atoms with Crippen LogP contribution in [0.25, 0.3) is 22.5 Å². The number of aliphatic hydroxyl groups is 2. The number of benzene rings is 1. The number of amides is 1. The smallest absolute Gasteiger partial charge is 0.475 e. The number of pyridine rings is 1. The van der Waals surface area contributed by atoms with Gasteiger partial charge in [-0.1, -0.05) is 12.1 Å². The molecule has 0 saturated carbocycles. The van der Waals surface area contributed by atoms with Crippen molar-refractivity contribution in [2.45, 2.75) is 37.7 Å². The summed E-state index contributed by atoms with van der Waals surface area (Å²) in [4.78, 5) is 41.8. The number of aromatic nitrogens is 3. The van der Waals surface area contributed by atoms with Crippen LogP contribution in [0.1, 0.15) is 16.8 Å². The fraction of sp³-hybridized carbons (Fsp3) is 0.250. The molecule has 0 spiro atoms. The lowest BCUT2D eigenvalue weighted by atomic mass is 9.89. The summed E-state index contributed by atoms with van der Waals surface area (Å²) in [5.74, 6) is -7.41. The molecule has 21 heteroatoms. The number of carbonyl (C=O) groups is 3. The number of primary amides is 1. The van der Waals surface area contributed by atoms with Crippen LogP contribution in [0.2, 0.25) is 0 Å². The highest BCUT2D eigenvalue weighted by Crippen LogP contribution is 2.40. The summed E-state index contributed by atoms with van der Waals surface area (Å²) in [5, 5.41) is 33.6. The third-order valence-corrected chi connectivity index (χ3v) is 5.24. The van der Waals surface area contributed by atoms with E-state index in [0.29, 0.717) is 16.8 Å². The first kappa shape index (κ1) is 38.0. The number of aliphatic carboxylic acids is 2. The first-order valence-electron chi connectivity index (χ1n) is 11.4. The summed E-state index contributed by atoms with van der Waals surface area (Å²) in [6.45, 7) is 1.30. The van der Waals surface area contributed by atoms with Crippen LogP contribution >= 0.6 is 0 Å². The lowest BCUT2D eigenvalue weighted by Crippen LogP contribution is -2.52. The van der Waals surface area contributed by atoms with Gasteiger partial charge in [0.25, 0.3) is 11.5 Å². The zero-order valence-electron chi connectivity index (χ0n) is 22.2. The number of alkyl halides is 9. The molecule has 1 unspecified atom stereocenters.